The molecule has 0 amide bonds. The number of benzene rings is 1. The van der Waals surface area contributed by atoms with E-state index >= 15 is 0 Å². The van der Waals surface area contributed by atoms with Crippen molar-refractivity contribution in [3.63, 3.8) is 0 Å². The normalized spacial score (nSPS) is 46.1. The summed E-state index contributed by atoms with van der Waals surface area (Å²) in [5, 5.41) is 38.8. The van der Waals surface area contributed by atoms with Gasteiger partial charge in [0.15, 0.2) is 5.96 Å². The van der Waals surface area contributed by atoms with Crippen LogP contribution >= 0.6 is 0 Å². The molecule has 1 aliphatic heterocycles. The van der Waals surface area contributed by atoms with E-state index in [1.807, 2.05) is 12.1 Å². The van der Waals surface area contributed by atoms with Crippen molar-refractivity contribution >= 4 is 16.7 Å². The number of nitrogens with zero attached hydrogens (tertiary/aromatic N) is 1. The lowest BCUT2D eigenvalue weighted by molar-refractivity contribution is -0.127. The first-order valence-corrected chi connectivity index (χ1v) is 21.3. The van der Waals surface area contributed by atoms with E-state index in [0.717, 1.165) is 75.0 Å². The van der Waals surface area contributed by atoms with Gasteiger partial charge in [-0.25, -0.2) is 0 Å². The number of aliphatic hydroxyl groups is 3. The lowest BCUT2D eigenvalue weighted by atomic mass is 9.46. The maximum atomic E-state index is 11.7. The monoisotopic (exact) mass is 727 g/mol. The molecule has 1 spiro atoms. The number of aliphatic hydroxyl groups excluding tert-OH is 2. The average molecular weight is 728 g/mol. The Morgan fingerprint density at radius 3 is 2.66 bits per heavy atom. The van der Waals surface area contributed by atoms with Crippen molar-refractivity contribution in [3.8, 4) is 0 Å². The number of fused-ring (bicyclic) bond motifs is 5. The molecule has 7 fully saturated rings. The Morgan fingerprint density at radius 2 is 1.79 bits per heavy atom. The number of hydrogen-bond acceptors (Lipinski definition) is 6. The van der Waals surface area contributed by atoms with Crippen molar-refractivity contribution in [2.45, 2.75) is 153 Å². The Hall–Kier alpha value is -2.39. The van der Waals surface area contributed by atoms with Crippen LogP contribution in [-0.2, 0) is 11.2 Å². The van der Waals surface area contributed by atoms with E-state index in [4.69, 9.17) is 21.5 Å². The predicted octanol–water partition coefficient (Wildman–Crippen LogP) is 7.63. The zero-order chi connectivity index (χ0) is 36.8. The van der Waals surface area contributed by atoms with E-state index in [1.165, 1.54) is 49.7 Å². The molecule has 8 heteroatoms. The highest BCUT2D eigenvalue weighted by molar-refractivity contribution is 5.84. The maximum Gasteiger partial charge on any atom is 0.190 e. The van der Waals surface area contributed by atoms with Gasteiger partial charge in [0.05, 0.1) is 35.9 Å². The van der Waals surface area contributed by atoms with Gasteiger partial charge in [-0.3, -0.25) is 4.99 Å². The molecule has 0 bridgehead atoms. The topological polar surface area (TPSA) is 137 Å². The largest absolute Gasteiger partial charge is 0.471 e. The summed E-state index contributed by atoms with van der Waals surface area (Å²) in [6.45, 7) is 10.3. The summed E-state index contributed by atoms with van der Waals surface area (Å²) >= 11 is 0. The van der Waals surface area contributed by atoms with Crippen LogP contribution < -0.4 is 11.1 Å². The summed E-state index contributed by atoms with van der Waals surface area (Å²) in [5.41, 5.74) is 8.66. The van der Waals surface area contributed by atoms with Crippen molar-refractivity contribution in [2.75, 3.05) is 6.54 Å². The number of allylic oxidation sites excluding steroid dienone is 1. The minimum Gasteiger partial charge on any atom is -0.471 e. The summed E-state index contributed by atoms with van der Waals surface area (Å²) in [7, 11) is 0. The number of guanidine groups is 1. The van der Waals surface area contributed by atoms with E-state index in [1.54, 1.807) is 12.5 Å². The van der Waals surface area contributed by atoms with Crippen molar-refractivity contribution in [1.82, 2.24) is 5.32 Å². The third-order valence-electron chi connectivity index (χ3n) is 17.0. The van der Waals surface area contributed by atoms with Crippen molar-refractivity contribution in [1.29, 1.82) is 0 Å². The number of nitrogens with two attached hydrogens (primary N) is 1. The van der Waals surface area contributed by atoms with Crippen LogP contribution in [0, 0.1) is 52.3 Å². The molecular formula is C45H65N3O5. The maximum absolute atomic E-state index is 11.7. The van der Waals surface area contributed by atoms with Gasteiger partial charge in [0.25, 0.3) is 0 Å². The second kappa shape index (κ2) is 13.4. The first-order chi connectivity index (χ1) is 25.4. The van der Waals surface area contributed by atoms with Crippen molar-refractivity contribution < 1.29 is 24.5 Å². The fourth-order valence-corrected chi connectivity index (χ4v) is 14.0. The lowest BCUT2D eigenvalue weighted by Crippen LogP contribution is -2.51. The Bertz CT molecular complexity index is 1720. The molecule has 1 saturated heterocycles. The van der Waals surface area contributed by atoms with E-state index in [0.29, 0.717) is 60.5 Å². The van der Waals surface area contributed by atoms with Crippen LogP contribution in [0.15, 0.2) is 52.3 Å². The lowest BCUT2D eigenvalue weighted by Gasteiger charge is -2.58. The Kier molecular flexibility index (Phi) is 9.15. The molecule has 0 radical (unpaired) electrons. The molecule has 7 aliphatic rings. The smallest absolute Gasteiger partial charge is 0.190 e. The molecule has 1 aromatic heterocycles. The molecule has 2 heterocycles. The Labute approximate surface area is 316 Å². The van der Waals surface area contributed by atoms with Crippen LogP contribution in [0.3, 0.4) is 0 Å². The number of epoxide rings is 1. The number of rotatable bonds is 7. The molecule has 0 unspecified atom stereocenters. The molecule has 290 valence electrons. The van der Waals surface area contributed by atoms with Crippen molar-refractivity contribution in [2.24, 2.45) is 63.0 Å². The van der Waals surface area contributed by atoms with Gasteiger partial charge in [-0.05, 0) is 156 Å². The minimum atomic E-state index is -0.690. The molecule has 6 N–H and O–H groups in total. The van der Waals surface area contributed by atoms with Crippen LogP contribution in [0.1, 0.15) is 122 Å². The molecule has 8 nitrogen and oxygen atoms in total. The number of aliphatic imine (C=N–C) groups is 1. The highest BCUT2D eigenvalue weighted by atomic mass is 16.6. The van der Waals surface area contributed by atoms with Gasteiger partial charge >= 0.3 is 0 Å². The van der Waals surface area contributed by atoms with Gasteiger partial charge < -0.3 is 35.5 Å². The van der Waals surface area contributed by atoms with Gasteiger partial charge in [-0.15, -0.1) is 0 Å². The SMILES string of the molecule is C=C1C[C@@]2(CC[C@H]([C@@H]3CC[C@H]4CC[C@H](O)C[C@]4(O)C3)C2)[C@@H]2O[C@]2(C)CC[C@@H]2[C@@H]1C[C@]2(C)[C@@H]1CC[C@H]([C@H](O)NC(N)=NCCc2cccc3cocc23)C1. The highest BCUT2D eigenvalue weighted by Gasteiger charge is 2.67. The van der Waals surface area contributed by atoms with Gasteiger partial charge in [-0.2, -0.15) is 0 Å². The number of furan rings is 1. The van der Waals surface area contributed by atoms with Crippen molar-refractivity contribution in [3.05, 3.63) is 48.4 Å². The zero-order valence-electron chi connectivity index (χ0n) is 32.3. The van der Waals surface area contributed by atoms with Crippen LogP contribution in [0.25, 0.3) is 10.8 Å². The number of ether oxygens (including phenoxy) is 1. The summed E-state index contributed by atoms with van der Waals surface area (Å²) in [5.74, 6) is 3.82. The molecular weight excluding hydrogens is 663 g/mol. The second-order valence-corrected chi connectivity index (χ2v) is 19.9. The van der Waals surface area contributed by atoms with Crippen LogP contribution in [0.5, 0.6) is 0 Å². The third kappa shape index (κ3) is 6.39. The van der Waals surface area contributed by atoms with Gasteiger partial charge in [0.1, 0.15) is 6.23 Å². The number of hydrogen-bond donors (Lipinski definition) is 5. The molecule has 14 atom stereocenters. The quantitative estimate of drug-likeness (QED) is 0.0651. The summed E-state index contributed by atoms with van der Waals surface area (Å²) < 4.78 is 12.2. The van der Waals surface area contributed by atoms with E-state index in [9.17, 15) is 15.3 Å². The average Bonchev–Trinajstić information content (AvgIpc) is 3.59. The molecule has 2 aromatic rings. The van der Waals surface area contributed by atoms with E-state index in [-0.39, 0.29) is 28.5 Å². The minimum absolute atomic E-state index is 0.0376. The van der Waals surface area contributed by atoms with E-state index in [2.05, 4.69) is 30.2 Å². The van der Waals surface area contributed by atoms with Gasteiger partial charge in [-0.1, -0.05) is 37.3 Å². The first-order valence-electron chi connectivity index (χ1n) is 21.3. The molecule has 6 saturated carbocycles. The van der Waals surface area contributed by atoms with Crippen LogP contribution in [0.2, 0.25) is 0 Å². The van der Waals surface area contributed by atoms with Crippen LogP contribution in [0.4, 0.5) is 0 Å². The Balaban J connectivity index is 0.811. The summed E-state index contributed by atoms with van der Waals surface area (Å²) in [4.78, 5) is 4.56. The number of nitrogens with one attached hydrogen (secondary N) is 1. The third-order valence-corrected chi connectivity index (χ3v) is 17.0. The molecule has 6 aliphatic carbocycles. The fourth-order valence-electron chi connectivity index (χ4n) is 14.0. The molecule has 9 rings (SSSR count). The molecule has 1 aromatic carbocycles. The highest BCUT2D eigenvalue weighted by Crippen LogP contribution is 2.69. The predicted molar refractivity (Wildman–Crippen MR) is 208 cm³/mol. The van der Waals surface area contributed by atoms with Crippen LogP contribution in [-0.4, -0.2) is 57.5 Å². The van der Waals surface area contributed by atoms with E-state index < -0.39 is 11.8 Å². The fraction of sp³-hybridized carbons (Fsp3) is 0.756. The van der Waals surface area contributed by atoms with Gasteiger partial charge in [0, 0.05) is 35.1 Å². The standard InChI is InChI=1S/C45H65N3O5/c1-27-20-44(17-13-31(21-44)30-8-9-33-11-12-35(49)23-45(33,51)22-30)40-43(3,53-40)16-14-38-36(27)24-42(38,2)34-10-7-29(19-34)39(50)48-41(46)47-18-15-28-5-4-6-32-25-52-26-37(28)32/h4-6,25-26,29-31,33-36,38-40,49-51H,1,7-24H2,2-3H3,(H3,46,47,48)/t29-,30+,31-,33-,34+,35-,36+,38+,39-,40+,42+,43+,44+,45+/m0/s1. The summed E-state index contributed by atoms with van der Waals surface area (Å²) in [6, 6.07) is 6.19. The van der Waals surface area contributed by atoms with Gasteiger partial charge in [0.2, 0.25) is 0 Å². The second-order valence-electron chi connectivity index (χ2n) is 19.9. The Morgan fingerprint density at radius 1 is 0.981 bits per heavy atom. The molecule has 53 heavy (non-hydrogen) atoms. The first kappa shape index (κ1) is 36.3. The summed E-state index contributed by atoms with van der Waals surface area (Å²) in [6.07, 6.45) is 20.7. The zero-order valence-corrected chi connectivity index (χ0v) is 32.3.